The molecule has 8 rings (SSSR count). The molecule has 4 aliphatic rings. The van der Waals surface area contributed by atoms with Gasteiger partial charge in [-0.2, -0.15) is 5.10 Å². The quantitative estimate of drug-likeness (QED) is 0.337. The number of aromatic nitrogens is 4. The molecule has 46 heavy (non-hydrogen) atoms. The largest absolute Gasteiger partial charge is 0.392 e. The van der Waals surface area contributed by atoms with Crippen molar-refractivity contribution in [3.8, 4) is 11.1 Å². The molecule has 1 aromatic carbocycles. The lowest BCUT2D eigenvalue weighted by Gasteiger charge is -2.39. The standard InChI is InChI=1S/C34H38FN7O4/c1-34(2)13-20-9-29-33(45)41(6-5-40(29)30(20)14-34)28-11-22(35)10-25(26(28)17-43)21-8-27(32(44)38(3)15-21)36-31-12-23-16-39(24-18-46-19-24)4-7-42(23)37-31/h8-12,15,24,43H,4-7,13-14,16-19H2,1-3H3,(H,36,37). The maximum Gasteiger partial charge on any atom is 0.274 e. The summed E-state index contributed by atoms with van der Waals surface area (Å²) >= 11 is 0. The van der Waals surface area contributed by atoms with Gasteiger partial charge in [0.2, 0.25) is 0 Å². The Kier molecular flexibility index (Phi) is 6.75. The smallest absolute Gasteiger partial charge is 0.274 e. The van der Waals surface area contributed by atoms with Crippen LogP contribution in [0.3, 0.4) is 0 Å². The van der Waals surface area contributed by atoms with Crippen LogP contribution >= 0.6 is 0 Å². The number of carbonyl (C=O) groups is 1. The summed E-state index contributed by atoms with van der Waals surface area (Å²) in [4.78, 5) is 31.1. The van der Waals surface area contributed by atoms with Gasteiger partial charge in [-0.05, 0) is 53.6 Å². The van der Waals surface area contributed by atoms with Crippen molar-refractivity contribution in [1.82, 2.24) is 23.8 Å². The lowest BCUT2D eigenvalue weighted by Crippen LogP contribution is -2.51. The number of aryl methyl sites for hydroxylation is 1. The predicted molar refractivity (Wildman–Crippen MR) is 171 cm³/mol. The number of anilines is 3. The Morgan fingerprint density at radius 2 is 1.89 bits per heavy atom. The number of ether oxygens (including phenoxy) is 1. The Morgan fingerprint density at radius 1 is 1.07 bits per heavy atom. The lowest BCUT2D eigenvalue weighted by atomic mass is 9.90. The van der Waals surface area contributed by atoms with Crippen LogP contribution in [0, 0.1) is 11.2 Å². The molecule has 3 aliphatic heterocycles. The Balaban J connectivity index is 1.12. The van der Waals surface area contributed by atoms with Gasteiger partial charge < -0.3 is 29.2 Å². The van der Waals surface area contributed by atoms with Gasteiger partial charge in [0.25, 0.3) is 11.5 Å². The minimum atomic E-state index is -0.535. The summed E-state index contributed by atoms with van der Waals surface area (Å²) in [6, 6.07) is 8.69. The van der Waals surface area contributed by atoms with Crippen molar-refractivity contribution < 1.29 is 19.0 Å². The van der Waals surface area contributed by atoms with E-state index in [1.807, 2.05) is 16.8 Å². The van der Waals surface area contributed by atoms with Gasteiger partial charge in [0, 0.05) is 62.3 Å². The maximum absolute atomic E-state index is 15.4. The van der Waals surface area contributed by atoms with E-state index in [1.165, 1.54) is 28.0 Å². The molecule has 11 nitrogen and oxygen atoms in total. The summed E-state index contributed by atoms with van der Waals surface area (Å²) in [5, 5.41) is 18.5. The third-order valence-electron chi connectivity index (χ3n) is 9.99. The van der Waals surface area contributed by atoms with Crippen LogP contribution in [0.4, 0.5) is 21.6 Å². The molecule has 0 unspecified atom stereocenters. The molecule has 0 atom stereocenters. The molecule has 1 amide bonds. The van der Waals surface area contributed by atoms with Crippen LogP contribution in [0.2, 0.25) is 0 Å². The molecule has 1 saturated heterocycles. The molecule has 0 bridgehead atoms. The fourth-order valence-electron chi connectivity index (χ4n) is 7.61. The number of benzene rings is 1. The van der Waals surface area contributed by atoms with E-state index in [4.69, 9.17) is 4.74 Å². The van der Waals surface area contributed by atoms with E-state index in [0.717, 1.165) is 51.4 Å². The summed E-state index contributed by atoms with van der Waals surface area (Å²) in [6.07, 6.45) is 3.46. The fourth-order valence-corrected chi connectivity index (χ4v) is 7.61. The van der Waals surface area contributed by atoms with Gasteiger partial charge in [0.05, 0.1) is 43.8 Å². The Labute approximate surface area is 265 Å². The van der Waals surface area contributed by atoms with Gasteiger partial charge in [-0.15, -0.1) is 0 Å². The first kappa shape index (κ1) is 29.2. The van der Waals surface area contributed by atoms with Crippen LogP contribution in [-0.4, -0.2) is 67.2 Å². The van der Waals surface area contributed by atoms with Crippen LogP contribution in [-0.2, 0) is 50.9 Å². The number of halogens is 1. The van der Waals surface area contributed by atoms with Gasteiger partial charge >= 0.3 is 0 Å². The SMILES string of the molecule is Cn1cc(-c2cc(F)cc(N3CCn4c(cc5c4CC(C)(C)C5)C3=O)c2CO)cc(Nc2cc3n(n2)CCN(C2COC2)C3)c1=O. The number of amides is 1. The average Bonchev–Trinajstić information content (AvgIpc) is 3.63. The van der Waals surface area contributed by atoms with Crippen molar-refractivity contribution in [3.05, 3.63) is 80.9 Å². The monoisotopic (exact) mass is 627 g/mol. The molecule has 2 N–H and O–H groups in total. The number of nitrogens with zero attached hydrogens (tertiary/aromatic N) is 6. The minimum absolute atomic E-state index is 0.168. The van der Waals surface area contributed by atoms with Crippen molar-refractivity contribution in [3.63, 3.8) is 0 Å². The molecule has 6 heterocycles. The number of rotatable bonds is 6. The third kappa shape index (κ3) is 4.78. The van der Waals surface area contributed by atoms with Crippen molar-refractivity contribution in [2.75, 3.05) is 36.5 Å². The molecular formula is C34H38FN7O4. The molecule has 1 aliphatic carbocycles. The van der Waals surface area contributed by atoms with Gasteiger partial charge in [-0.1, -0.05) is 13.8 Å². The number of hydrogen-bond donors (Lipinski definition) is 2. The Hall–Kier alpha value is -4.26. The second-order valence-corrected chi connectivity index (χ2v) is 13.8. The first-order valence-electron chi connectivity index (χ1n) is 15.9. The van der Waals surface area contributed by atoms with E-state index in [-0.39, 0.29) is 22.6 Å². The zero-order valence-electron chi connectivity index (χ0n) is 26.3. The minimum Gasteiger partial charge on any atom is -0.392 e. The summed E-state index contributed by atoms with van der Waals surface area (Å²) in [6.45, 7) is 8.91. The fraction of sp³-hybridized carbons (Fsp3) is 0.441. The molecule has 1 fully saturated rings. The van der Waals surface area contributed by atoms with Crippen LogP contribution < -0.4 is 15.8 Å². The van der Waals surface area contributed by atoms with E-state index < -0.39 is 12.4 Å². The van der Waals surface area contributed by atoms with Gasteiger partial charge in [-0.3, -0.25) is 19.2 Å². The molecule has 12 heteroatoms. The van der Waals surface area contributed by atoms with Crippen molar-refractivity contribution in [2.45, 2.75) is 59.0 Å². The summed E-state index contributed by atoms with van der Waals surface area (Å²) < 4.78 is 26.2. The van der Waals surface area contributed by atoms with Crippen LogP contribution in [0.25, 0.3) is 11.1 Å². The highest BCUT2D eigenvalue weighted by molar-refractivity contribution is 6.07. The van der Waals surface area contributed by atoms with E-state index in [1.54, 1.807) is 24.2 Å². The molecule has 0 radical (unpaired) electrons. The Morgan fingerprint density at radius 3 is 2.65 bits per heavy atom. The maximum atomic E-state index is 15.4. The normalized spacial score (nSPS) is 19.2. The number of carbonyl (C=O) groups excluding carboxylic acids is 1. The molecule has 4 aromatic rings. The number of nitrogens with one attached hydrogen (secondary N) is 1. The molecule has 0 spiro atoms. The number of pyridine rings is 1. The van der Waals surface area contributed by atoms with Crippen molar-refractivity contribution >= 4 is 23.1 Å². The van der Waals surface area contributed by atoms with Gasteiger partial charge in [0.1, 0.15) is 17.2 Å². The third-order valence-corrected chi connectivity index (χ3v) is 9.99. The van der Waals surface area contributed by atoms with Crippen molar-refractivity contribution in [2.24, 2.45) is 12.5 Å². The number of aliphatic hydroxyl groups is 1. The van der Waals surface area contributed by atoms with Gasteiger partial charge in [-0.25, -0.2) is 4.39 Å². The first-order valence-corrected chi connectivity index (χ1v) is 15.9. The predicted octanol–water partition coefficient (Wildman–Crippen LogP) is 3.42. The summed E-state index contributed by atoms with van der Waals surface area (Å²) in [7, 11) is 1.63. The van der Waals surface area contributed by atoms with Crippen LogP contribution in [0.5, 0.6) is 0 Å². The topological polar surface area (TPSA) is 110 Å². The highest BCUT2D eigenvalue weighted by Gasteiger charge is 2.37. The van der Waals surface area contributed by atoms with E-state index in [2.05, 4.69) is 33.7 Å². The summed E-state index contributed by atoms with van der Waals surface area (Å²) in [5.74, 6) is -0.193. The zero-order chi connectivity index (χ0) is 31.9. The van der Waals surface area contributed by atoms with E-state index in [9.17, 15) is 14.7 Å². The first-order chi connectivity index (χ1) is 22.1. The van der Waals surface area contributed by atoms with E-state index >= 15 is 4.39 Å². The number of aliphatic hydroxyl groups excluding tert-OH is 1. The Bertz CT molecular complexity index is 1950. The molecule has 240 valence electrons. The van der Waals surface area contributed by atoms with Crippen molar-refractivity contribution in [1.29, 1.82) is 0 Å². The summed E-state index contributed by atoms with van der Waals surface area (Å²) in [5.41, 5.74) is 5.94. The molecule has 0 saturated carbocycles. The second-order valence-electron chi connectivity index (χ2n) is 13.8. The number of hydrogen-bond acceptors (Lipinski definition) is 7. The highest BCUT2D eigenvalue weighted by atomic mass is 19.1. The average molecular weight is 628 g/mol. The number of fused-ring (bicyclic) bond motifs is 4. The molecule has 3 aromatic heterocycles. The zero-order valence-corrected chi connectivity index (χ0v) is 26.3. The highest BCUT2D eigenvalue weighted by Crippen LogP contribution is 2.41. The van der Waals surface area contributed by atoms with Crippen LogP contribution in [0.1, 0.15) is 46.9 Å². The van der Waals surface area contributed by atoms with Crippen LogP contribution in [0.15, 0.2) is 41.3 Å². The van der Waals surface area contributed by atoms with E-state index in [0.29, 0.717) is 53.0 Å². The molecular weight excluding hydrogens is 589 g/mol. The van der Waals surface area contributed by atoms with Gasteiger partial charge in [0.15, 0.2) is 5.82 Å². The second kappa shape index (κ2) is 10.6. The lowest BCUT2D eigenvalue weighted by molar-refractivity contribution is -0.0735.